The number of carbonyl (C=O) groups excluding carboxylic acids is 2. The summed E-state index contributed by atoms with van der Waals surface area (Å²) in [5, 5.41) is 15.4. The zero-order chi connectivity index (χ0) is 17.9. The van der Waals surface area contributed by atoms with Gasteiger partial charge in [0, 0.05) is 26.1 Å². The second-order valence-corrected chi connectivity index (χ2v) is 7.01. The monoisotopic (exact) mass is 355 g/mol. The van der Waals surface area contributed by atoms with Gasteiger partial charge in [0.2, 0.25) is 5.91 Å². The maximum Gasteiger partial charge on any atom is 0.279 e. The van der Waals surface area contributed by atoms with E-state index in [0.717, 1.165) is 26.2 Å². The van der Waals surface area contributed by atoms with Crippen LogP contribution in [-0.4, -0.2) is 73.1 Å². The van der Waals surface area contributed by atoms with Crippen molar-refractivity contribution in [2.45, 2.75) is 6.92 Å². The third kappa shape index (κ3) is 4.83. The zero-order valence-corrected chi connectivity index (χ0v) is 15.0. The van der Waals surface area contributed by atoms with Crippen LogP contribution in [0.25, 0.3) is 0 Å². The number of benzene rings is 1. The fourth-order valence-electron chi connectivity index (χ4n) is 2.69. The fraction of sp³-hybridized carbons (Fsp3) is 0.500. The van der Waals surface area contributed by atoms with Gasteiger partial charge in [-0.15, -0.1) is 0 Å². The minimum absolute atomic E-state index is 0.148. The van der Waals surface area contributed by atoms with Gasteiger partial charge < -0.3 is 20.2 Å². The Morgan fingerprint density at radius 2 is 1.88 bits per heavy atom. The average molecular weight is 356 g/mol. The Kier molecular flexibility index (Phi) is 5.69. The second-order valence-electron chi connectivity index (χ2n) is 6.61. The van der Waals surface area contributed by atoms with Gasteiger partial charge in [-0.25, -0.2) is 0 Å². The Hall–Kier alpha value is -1.83. The van der Waals surface area contributed by atoms with Crippen LogP contribution in [0.5, 0.6) is 5.75 Å². The summed E-state index contributed by atoms with van der Waals surface area (Å²) in [4.78, 5) is 25.7. The molecule has 0 saturated carbocycles. The molecule has 1 saturated heterocycles. The maximum atomic E-state index is 12.3. The smallest absolute Gasteiger partial charge is 0.279 e. The van der Waals surface area contributed by atoms with Gasteiger partial charge >= 0.3 is 0 Å². The molecule has 1 heterocycles. The van der Waals surface area contributed by atoms with E-state index in [1.54, 1.807) is 0 Å². The number of halogens is 1. The highest BCUT2D eigenvalue weighted by Crippen LogP contribution is 2.33. The van der Waals surface area contributed by atoms with Crippen LogP contribution in [-0.2, 0) is 9.59 Å². The number of nitrogens with one attached hydrogen (secondary N) is 2. The van der Waals surface area contributed by atoms with Crippen molar-refractivity contribution in [3.05, 3.63) is 17.2 Å². The number of likely N-dealkylation sites (N-methyl/N-ethyl adjacent to an activating group) is 2. The lowest BCUT2D eigenvalue weighted by atomic mass is 10.2. The van der Waals surface area contributed by atoms with Gasteiger partial charge in [-0.1, -0.05) is 11.6 Å². The molecule has 3 N–H and O–H groups in total. The highest BCUT2D eigenvalue weighted by molar-refractivity contribution is 6.34. The predicted octanol–water partition coefficient (Wildman–Crippen LogP) is 1.33. The van der Waals surface area contributed by atoms with Crippen LogP contribution in [0.3, 0.4) is 0 Å². The topological polar surface area (TPSA) is 81.7 Å². The molecular weight excluding hydrogens is 332 g/mol. The van der Waals surface area contributed by atoms with E-state index < -0.39 is 0 Å². The molecule has 0 aromatic heterocycles. The van der Waals surface area contributed by atoms with E-state index in [1.807, 2.05) is 0 Å². The molecule has 1 aliphatic heterocycles. The maximum absolute atomic E-state index is 12.3. The number of phenols is 1. The van der Waals surface area contributed by atoms with Crippen LogP contribution >= 0.6 is 11.6 Å². The van der Waals surface area contributed by atoms with Crippen molar-refractivity contribution in [1.29, 1.82) is 0 Å². The number of nitrogens with zero attached hydrogens (tertiary/aromatic N) is 2. The molecule has 1 aromatic rings. The molecule has 7 nitrogen and oxygen atoms in total. The number of phenolic OH excluding ortho intramolecular Hbond substituents is 1. The first-order valence-corrected chi connectivity index (χ1v) is 8.18. The minimum atomic E-state index is -0.314. The molecule has 2 rings (SSSR count). The molecule has 0 atom stereocenters. The molecule has 132 valence electrons. The lowest BCUT2D eigenvalue weighted by Gasteiger charge is -2.40. The molecule has 0 radical (unpaired) electrons. The van der Waals surface area contributed by atoms with E-state index in [2.05, 4.69) is 29.6 Å². The number of aromatic hydroxyl groups is 1. The van der Waals surface area contributed by atoms with Crippen LogP contribution in [0.2, 0.25) is 5.02 Å². The molecule has 0 bridgehead atoms. The van der Waals surface area contributed by atoms with Crippen LogP contribution < -0.4 is 10.6 Å². The summed E-state index contributed by atoms with van der Waals surface area (Å²) >= 11 is 6.14. The Morgan fingerprint density at radius 3 is 2.46 bits per heavy atom. The van der Waals surface area contributed by atoms with Crippen molar-refractivity contribution in [2.24, 2.45) is 0 Å². The lowest BCUT2D eigenvalue weighted by Crippen LogP contribution is -2.58. The van der Waals surface area contributed by atoms with Crippen molar-refractivity contribution in [1.82, 2.24) is 4.90 Å². The summed E-state index contributed by atoms with van der Waals surface area (Å²) in [7, 11) is 4.13. The van der Waals surface area contributed by atoms with Gasteiger partial charge in [-0.3, -0.25) is 14.5 Å². The summed E-state index contributed by atoms with van der Waals surface area (Å²) in [5.41, 5.74) is 0.539. The summed E-state index contributed by atoms with van der Waals surface area (Å²) < 4.78 is 0.670. The van der Waals surface area contributed by atoms with Crippen molar-refractivity contribution in [3.8, 4) is 5.75 Å². The molecule has 24 heavy (non-hydrogen) atoms. The van der Waals surface area contributed by atoms with Crippen LogP contribution in [0.15, 0.2) is 12.1 Å². The number of hydrogen-bond acceptors (Lipinski definition) is 4. The Bertz CT molecular complexity index is 642. The SMILES string of the molecule is CC(=O)Nc1cc(Cl)c(NC(=O)C[N+]2(C)CCN(C)CC2)cc1O. The molecule has 1 aromatic carbocycles. The minimum Gasteiger partial charge on any atom is -0.506 e. The predicted molar refractivity (Wildman–Crippen MR) is 94.3 cm³/mol. The van der Waals surface area contributed by atoms with Crippen molar-refractivity contribution >= 4 is 34.8 Å². The second kappa shape index (κ2) is 7.38. The lowest BCUT2D eigenvalue weighted by molar-refractivity contribution is -0.905. The zero-order valence-electron chi connectivity index (χ0n) is 14.2. The van der Waals surface area contributed by atoms with E-state index >= 15 is 0 Å². The van der Waals surface area contributed by atoms with Crippen molar-refractivity contribution < 1.29 is 19.2 Å². The first kappa shape index (κ1) is 18.5. The average Bonchev–Trinajstić information content (AvgIpc) is 2.47. The van der Waals surface area contributed by atoms with Crippen LogP contribution in [0.1, 0.15) is 6.92 Å². The number of anilines is 2. The van der Waals surface area contributed by atoms with E-state index in [9.17, 15) is 14.7 Å². The third-order valence-corrected chi connectivity index (χ3v) is 4.55. The molecule has 0 unspecified atom stereocenters. The Balaban J connectivity index is 2.03. The first-order valence-electron chi connectivity index (χ1n) is 7.80. The summed E-state index contributed by atoms with van der Waals surface area (Å²) in [6.07, 6.45) is 0. The van der Waals surface area contributed by atoms with Gasteiger partial charge in [0.05, 0.1) is 36.5 Å². The van der Waals surface area contributed by atoms with Gasteiger partial charge in [0.25, 0.3) is 5.91 Å². The largest absolute Gasteiger partial charge is 0.506 e. The van der Waals surface area contributed by atoms with Crippen molar-refractivity contribution in [3.63, 3.8) is 0 Å². The number of carbonyl (C=O) groups is 2. The van der Waals surface area contributed by atoms with Crippen LogP contribution in [0.4, 0.5) is 11.4 Å². The Morgan fingerprint density at radius 1 is 1.25 bits per heavy atom. The molecular formula is C16H24ClN4O3+. The standard InChI is InChI=1S/C16H23ClN4O3/c1-11(22)18-14-8-12(17)13(9-15(14)23)19-16(24)10-21(3)6-4-20(2)5-7-21/h8-9H,4-7,10H2,1-3H3,(H2-,18,19,22,23,24)/p+1. The third-order valence-electron chi connectivity index (χ3n) is 4.24. The number of quaternary nitrogens is 1. The molecule has 2 amide bonds. The van der Waals surface area contributed by atoms with E-state index in [1.165, 1.54) is 19.1 Å². The highest BCUT2D eigenvalue weighted by atomic mass is 35.5. The van der Waals surface area contributed by atoms with Gasteiger partial charge in [0.1, 0.15) is 5.75 Å². The quantitative estimate of drug-likeness (QED) is 0.562. The Labute approximate surface area is 146 Å². The van der Waals surface area contributed by atoms with Crippen LogP contribution in [0, 0.1) is 0 Å². The van der Waals surface area contributed by atoms with Gasteiger partial charge in [0.15, 0.2) is 6.54 Å². The van der Waals surface area contributed by atoms with E-state index in [-0.39, 0.29) is 28.3 Å². The first-order chi connectivity index (χ1) is 11.2. The van der Waals surface area contributed by atoms with Gasteiger partial charge in [-0.2, -0.15) is 0 Å². The number of rotatable bonds is 4. The molecule has 1 aliphatic rings. The van der Waals surface area contributed by atoms with E-state index in [0.29, 0.717) is 16.7 Å². The molecule has 0 aliphatic carbocycles. The highest BCUT2D eigenvalue weighted by Gasteiger charge is 2.30. The van der Waals surface area contributed by atoms with E-state index in [4.69, 9.17) is 11.6 Å². The number of piperazine rings is 1. The molecule has 0 spiro atoms. The molecule has 8 heteroatoms. The number of hydrogen-bond donors (Lipinski definition) is 3. The fourth-order valence-corrected chi connectivity index (χ4v) is 2.90. The summed E-state index contributed by atoms with van der Waals surface area (Å²) in [5.74, 6) is -0.619. The van der Waals surface area contributed by atoms with Gasteiger partial charge in [-0.05, 0) is 13.1 Å². The summed E-state index contributed by atoms with van der Waals surface area (Å²) in [6, 6.07) is 2.76. The summed E-state index contributed by atoms with van der Waals surface area (Å²) in [6.45, 7) is 5.41. The number of amides is 2. The molecule has 1 fully saturated rings. The normalized spacial score (nSPS) is 17.3. The van der Waals surface area contributed by atoms with Crippen molar-refractivity contribution in [2.75, 3.05) is 57.5 Å².